The van der Waals surface area contributed by atoms with Crippen molar-refractivity contribution >= 4 is 0 Å². The van der Waals surface area contributed by atoms with Gasteiger partial charge in [0.2, 0.25) is 0 Å². The second-order valence-corrected chi connectivity index (χ2v) is 5.14. The number of hydrogen-bond donors (Lipinski definition) is 1. The monoisotopic (exact) mass is 232 g/mol. The Kier molecular flexibility index (Phi) is 3.41. The van der Waals surface area contributed by atoms with Gasteiger partial charge in [0, 0.05) is 12.6 Å². The Balaban J connectivity index is 1.46. The van der Waals surface area contributed by atoms with E-state index in [1.807, 2.05) is 18.2 Å². The van der Waals surface area contributed by atoms with Gasteiger partial charge in [-0.1, -0.05) is 30.3 Å². The summed E-state index contributed by atoms with van der Waals surface area (Å²) in [6.45, 7) is 4.37. The average molecular weight is 232 g/mol. The highest BCUT2D eigenvalue weighted by atomic mass is 16.6. The van der Waals surface area contributed by atoms with E-state index in [4.69, 9.17) is 4.84 Å². The van der Waals surface area contributed by atoms with Gasteiger partial charge in [0.25, 0.3) is 0 Å². The van der Waals surface area contributed by atoms with Crippen LogP contribution in [0.3, 0.4) is 0 Å². The normalized spacial score (nSPS) is 31.6. The van der Waals surface area contributed by atoms with Crippen molar-refractivity contribution < 1.29 is 4.84 Å². The SMILES string of the molecule is c1ccc(CONC2CN3CCC2CC3)cc1. The molecule has 2 bridgehead atoms. The standard InChI is InChI=1S/C14H20N2O/c1-2-4-12(5-3-1)11-17-15-14-10-16-8-6-13(14)7-9-16/h1-5,13-15H,6-11H2. The number of nitrogens with zero attached hydrogens (tertiary/aromatic N) is 1. The molecule has 4 rings (SSSR count). The third-order valence-corrected chi connectivity index (χ3v) is 3.97. The molecular formula is C14H20N2O. The van der Waals surface area contributed by atoms with Crippen LogP contribution in [0.25, 0.3) is 0 Å². The first-order chi connectivity index (χ1) is 8.42. The molecule has 1 unspecified atom stereocenters. The van der Waals surface area contributed by atoms with Gasteiger partial charge in [-0.25, -0.2) is 0 Å². The van der Waals surface area contributed by atoms with E-state index in [2.05, 4.69) is 22.5 Å². The van der Waals surface area contributed by atoms with Gasteiger partial charge in [0.15, 0.2) is 0 Å². The predicted octanol–water partition coefficient (Wildman–Crippen LogP) is 1.80. The van der Waals surface area contributed by atoms with Crippen LogP contribution < -0.4 is 5.48 Å². The molecule has 3 nitrogen and oxygen atoms in total. The van der Waals surface area contributed by atoms with E-state index in [1.165, 1.54) is 31.5 Å². The summed E-state index contributed by atoms with van der Waals surface area (Å²) in [5, 5.41) is 0. The van der Waals surface area contributed by atoms with E-state index in [0.29, 0.717) is 12.6 Å². The molecule has 0 saturated carbocycles. The quantitative estimate of drug-likeness (QED) is 0.801. The summed E-state index contributed by atoms with van der Waals surface area (Å²) in [5.41, 5.74) is 4.48. The van der Waals surface area contributed by atoms with Crippen molar-refractivity contribution in [2.24, 2.45) is 5.92 Å². The van der Waals surface area contributed by atoms with Gasteiger partial charge in [0.05, 0.1) is 6.61 Å². The van der Waals surface area contributed by atoms with Crippen LogP contribution in [0.4, 0.5) is 0 Å². The van der Waals surface area contributed by atoms with Crippen LogP contribution in [0.2, 0.25) is 0 Å². The lowest BCUT2D eigenvalue weighted by molar-refractivity contribution is -0.0513. The summed E-state index contributed by atoms with van der Waals surface area (Å²) in [5.74, 6) is 0.816. The fourth-order valence-electron chi connectivity index (χ4n) is 2.90. The van der Waals surface area contributed by atoms with Crippen LogP contribution >= 0.6 is 0 Å². The van der Waals surface area contributed by atoms with Crippen molar-refractivity contribution in [3.63, 3.8) is 0 Å². The van der Waals surface area contributed by atoms with Crippen LogP contribution in [-0.2, 0) is 11.4 Å². The summed E-state index contributed by atoms with van der Waals surface area (Å²) in [6, 6.07) is 10.8. The van der Waals surface area contributed by atoms with Gasteiger partial charge >= 0.3 is 0 Å². The Bertz CT molecular complexity index is 346. The number of rotatable bonds is 4. The maximum Gasteiger partial charge on any atom is 0.0933 e. The molecule has 3 saturated heterocycles. The maximum atomic E-state index is 5.64. The molecule has 0 amide bonds. The number of hydrogen-bond acceptors (Lipinski definition) is 3. The van der Waals surface area contributed by atoms with Crippen LogP contribution in [0.1, 0.15) is 18.4 Å². The summed E-state index contributed by atoms with van der Waals surface area (Å²) < 4.78 is 0. The highest BCUT2D eigenvalue weighted by molar-refractivity contribution is 5.13. The Morgan fingerprint density at radius 1 is 1.18 bits per heavy atom. The van der Waals surface area contributed by atoms with Crippen molar-refractivity contribution in [2.75, 3.05) is 19.6 Å². The molecule has 1 N–H and O–H groups in total. The predicted molar refractivity (Wildman–Crippen MR) is 67.3 cm³/mol. The van der Waals surface area contributed by atoms with Crippen LogP contribution in [0.15, 0.2) is 30.3 Å². The first-order valence-electron chi connectivity index (χ1n) is 6.55. The van der Waals surface area contributed by atoms with Gasteiger partial charge < -0.3 is 4.90 Å². The van der Waals surface area contributed by atoms with Crippen molar-refractivity contribution in [2.45, 2.75) is 25.5 Å². The molecule has 3 aliphatic rings. The highest BCUT2D eigenvalue weighted by Crippen LogP contribution is 2.27. The van der Waals surface area contributed by atoms with E-state index in [0.717, 1.165) is 12.5 Å². The van der Waals surface area contributed by atoms with Gasteiger partial charge in [0.1, 0.15) is 0 Å². The molecule has 1 aromatic carbocycles. The number of benzene rings is 1. The van der Waals surface area contributed by atoms with Crippen molar-refractivity contribution in [3.05, 3.63) is 35.9 Å². The summed E-state index contributed by atoms with van der Waals surface area (Å²) in [7, 11) is 0. The first kappa shape index (κ1) is 11.2. The zero-order valence-corrected chi connectivity index (χ0v) is 10.1. The van der Waals surface area contributed by atoms with Crippen LogP contribution in [-0.4, -0.2) is 30.6 Å². The minimum Gasteiger partial charge on any atom is -0.302 e. The molecule has 0 spiro atoms. The van der Waals surface area contributed by atoms with Crippen LogP contribution in [0.5, 0.6) is 0 Å². The zero-order chi connectivity index (χ0) is 11.5. The third-order valence-electron chi connectivity index (χ3n) is 3.97. The fraction of sp³-hybridized carbons (Fsp3) is 0.571. The Morgan fingerprint density at radius 2 is 1.94 bits per heavy atom. The summed E-state index contributed by atoms with van der Waals surface area (Å²) >= 11 is 0. The van der Waals surface area contributed by atoms with Gasteiger partial charge in [-0.15, -0.1) is 0 Å². The van der Waals surface area contributed by atoms with E-state index >= 15 is 0 Å². The number of hydroxylamine groups is 1. The Morgan fingerprint density at radius 3 is 2.59 bits per heavy atom. The Hall–Kier alpha value is -0.900. The zero-order valence-electron chi connectivity index (χ0n) is 10.1. The maximum absolute atomic E-state index is 5.64. The number of nitrogens with one attached hydrogen (secondary N) is 1. The lowest BCUT2D eigenvalue weighted by atomic mass is 9.84. The largest absolute Gasteiger partial charge is 0.302 e. The summed E-state index contributed by atoms with van der Waals surface area (Å²) in [4.78, 5) is 8.17. The van der Waals surface area contributed by atoms with E-state index in [1.54, 1.807) is 0 Å². The molecular weight excluding hydrogens is 212 g/mol. The van der Waals surface area contributed by atoms with Crippen molar-refractivity contribution in [1.82, 2.24) is 10.4 Å². The molecule has 0 aliphatic carbocycles. The van der Waals surface area contributed by atoms with Crippen molar-refractivity contribution in [3.8, 4) is 0 Å². The van der Waals surface area contributed by atoms with Crippen molar-refractivity contribution in [1.29, 1.82) is 0 Å². The van der Waals surface area contributed by atoms with Gasteiger partial charge in [-0.2, -0.15) is 5.48 Å². The van der Waals surface area contributed by atoms with Gasteiger partial charge in [-0.3, -0.25) is 4.84 Å². The molecule has 1 atom stereocenters. The molecule has 0 radical (unpaired) electrons. The van der Waals surface area contributed by atoms with E-state index < -0.39 is 0 Å². The number of fused-ring (bicyclic) bond motifs is 3. The molecule has 3 aliphatic heterocycles. The summed E-state index contributed by atoms with van der Waals surface area (Å²) in [6.07, 6.45) is 2.65. The first-order valence-corrected chi connectivity index (χ1v) is 6.55. The fourth-order valence-corrected chi connectivity index (χ4v) is 2.90. The molecule has 3 fully saturated rings. The topological polar surface area (TPSA) is 24.5 Å². The second kappa shape index (κ2) is 5.17. The Labute approximate surface area is 103 Å². The smallest absolute Gasteiger partial charge is 0.0933 e. The minimum absolute atomic E-state index is 0.529. The average Bonchev–Trinajstić information content (AvgIpc) is 2.41. The molecule has 3 heteroatoms. The van der Waals surface area contributed by atoms with Crippen LogP contribution in [0, 0.1) is 5.92 Å². The van der Waals surface area contributed by atoms with Gasteiger partial charge in [-0.05, 0) is 37.4 Å². The molecule has 1 aromatic rings. The van der Waals surface area contributed by atoms with E-state index in [-0.39, 0.29) is 0 Å². The lowest BCUT2D eigenvalue weighted by Crippen LogP contribution is -2.55. The molecule has 3 heterocycles. The third kappa shape index (κ3) is 2.68. The highest BCUT2D eigenvalue weighted by Gasteiger charge is 2.33. The minimum atomic E-state index is 0.529. The lowest BCUT2D eigenvalue weighted by Gasteiger charge is -2.44. The number of piperidine rings is 3. The molecule has 92 valence electrons. The molecule has 17 heavy (non-hydrogen) atoms. The second-order valence-electron chi connectivity index (χ2n) is 5.14. The molecule has 0 aromatic heterocycles. The van der Waals surface area contributed by atoms with E-state index in [9.17, 15) is 0 Å².